The van der Waals surface area contributed by atoms with Crippen LogP contribution in [0, 0.1) is 6.92 Å². The number of ether oxygens (including phenoxy) is 2. The number of carbonyl (C=O) groups is 2. The van der Waals surface area contributed by atoms with Gasteiger partial charge in [0.1, 0.15) is 0 Å². The van der Waals surface area contributed by atoms with Gasteiger partial charge in [0.2, 0.25) is 0 Å². The maximum Gasteiger partial charge on any atom is 0.328 e. The summed E-state index contributed by atoms with van der Waals surface area (Å²) in [7, 11) is 0. The molecule has 1 fully saturated rings. The molecule has 1 atom stereocenters. The van der Waals surface area contributed by atoms with E-state index >= 15 is 0 Å². The number of rotatable bonds is 4. The van der Waals surface area contributed by atoms with Crippen molar-refractivity contribution in [3.63, 3.8) is 0 Å². The van der Waals surface area contributed by atoms with Crippen LogP contribution in [0.3, 0.4) is 0 Å². The zero-order chi connectivity index (χ0) is 15.2. The van der Waals surface area contributed by atoms with E-state index < -0.39 is 12.1 Å². The number of hydrogen-bond acceptors (Lipinski definition) is 4. The zero-order valence-electron chi connectivity index (χ0n) is 11.7. The number of hydrogen-bond donors (Lipinski definition) is 2. The van der Waals surface area contributed by atoms with Gasteiger partial charge in [0.25, 0.3) is 5.91 Å². The van der Waals surface area contributed by atoms with E-state index in [1.807, 2.05) is 13.0 Å². The van der Waals surface area contributed by atoms with Gasteiger partial charge in [-0.1, -0.05) is 6.07 Å². The molecule has 0 radical (unpaired) electrons. The van der Waals surface area contributed by atoms with Crippen LogP contribution in [0.4, 0.5) is 5.69 Å². The number of carbonyl (C=O) groups excluding carboxylic acids is 1. The summed E-state index contributed by atoms with van der Waals surface area (Å²) < 4.78 is 10.5. The van der Waals surface area contributed by atoms with E-state index in [1.54, 1.807) is 12.1 Å². The maximum atomic E-state index is 12.0. The third-order valence-corrected chi connectivity index (χ3v) is 3.06. The van der Waals surface area contributed by atoms with E-state index in [2.05, 4.69) is 5.32 Å². The van der Waals surface area contributed by atoms with Crippen molar-refractivity contribution in [3.05, 3.63) is 35.4 Å². The quantitative estimate of drug-likeness (QED) is 0.820. The lowest BCUT2D eigenvalue weighted by Crippen LogP contribution is -2.39. The van der Waals surface area contributed by atoms with Crippen LogP contribution in [0.5, 0.6) is 0 Å². The average Bonchev–Trinajstić information content (AvgIpc) is 2.48. The molecule has 2 N–H and O–H groups in total. The normalized spacial score (nSPS) is 18.6. The van der Waals surface area contributed by atoms with E-state index in [0.717, 1.165) is 17.2 Å². The first-order valence-electron chi connectivity index (χ1n) is 6.58. The van der Waals surface area contributed by atoms with Gasteiger partial charge in [0.05, 0.1) is 19.8 Å². The monoisotopic (exact) mass is 291 g/mol. The molecule has 0 bridgehead atoms. The molecule has 1 aliphatic rings. The Morgan fingerprint density at radius 2 is 2.19 bits per heavy atom. The molecule has 1 aromatic rings. The Kier molecular flexibility index (Phi) is 5.08. The number of amides is 1. The number of aliphatic carboxylic acids is 1. The van der Waals surface area contributed by atoms with Gasteiger partial charge in [-0.15, -0.1) is 0 Å². The highest BCUT2D eigenvalue weighted by Crippen LogP contribution is 2.17. The fourth-order valence-electron chi connectivity index (χ4n) is 1.92. The molecule has 2 rings (SSSR count). The van der Waals surface area contributed by atoms with Crippen molar-refractivity contribution in [2.45, 2.75) is 13.0 Å². The first kappa shape index (κ1) is 15.2. The second-order valence-corrected chi connectivity index (χ2v) is 4.67. The summed E-state index contributed by atoms with van der Waals surface area (Å²) in [5.74, 6) is -1.29. The molecule has 1 unspecified atom stereocenters. The molecule has 112 valence electrons. The van der Waals surface area contributed by atoms with E-state index in [9.17, 15) is 9.59 Å². The van der Waals surface area contributed by atoms with Gasteiger partial charge in [0.15, 0.2) is 6.10 Å². The first-order valence-corrected chi connectivity index (χ1v) is 6.58. The van der Waals surface area contributed by atoms with Gasteiger partial charge in [-0.2, -0.15) is 0 Å². The van der Waals surface area contributed by atoms with Gasteiger partial charge < -0.3 is 19.9 Å². The smallest absolute Gasteiger partial charge is 0.328 e. The van der Waals surface area contributed by atoms with E-state index in [0.29, 0.717) is 18.9 Å². The molecular weight excluding hydrogens is 274 g/mol. The molecule has 6 heteroatoms. The molecular formula is C15H17NO5. The Balaban J connectivity index is 2.07. The molecule has 1 heterocycles. The lowest BCUT2D eigenvalue weighted by atomic mass is 10.1. The summed E-state index contributed by atoms with van der Waals surface area (Å²) in [5, 5.41) is 11.4. The van der Waals surface area contributed by atoms with Crippen molar-refractivity contribution in [1.82, 2.24) is 0 Å². The summed E-state index contributed by atoms with van der Waals surface area (Å²) in [4.78, 5) is 22.6. The summed E-state index contributed by atoms with van der Waals surface area (Å²) in [6.45, 7) is 3.01. The van der Waals surface area contributed by atoms with Crippen molar-refractivity contribution in [1.29, 1.82) is 0 Å². The number of benzene rings is 1. The molecule has 0 saturated carbocycles. The Labute approximate surface area is 122 Å². The van der Waals surface area contributed by atoms with E-state index in [4.69, 9.17) is 14.6 Å². The highest BCUT2D eigenvalue weighted by Gasteiger charge is 2.22. The molecule has 0 spiro atoms. The van der Waals surface area contributed by atoms with Crippen molar-refractivity contribution in [3.8, 4) is 0 Å². The lowest BCUT2D eigenvalue weighted by molar-refractivity contribution is -0.142. The summed E-state index contributed by atoms with van der Waals surface area (Å²) in [6.07, 6.45) is 1.94. The Morgan fingerprint density at radius 3 is 2.86 bits per heavy atom. The van der Waals surface area contributed by atoms with Crippen LogP contribution in [0.25, 0.3) is 6.08 Å². The molecule has 1 saturated heterocycles. The highest BCUT2D eigenvalue weighted by atomic mass is 16.6. The number of carboxylic acids is 1. The van der Waals surface area contributed by atoms with Crippen LogP contribution < -0.4 is 5.32 Å². The van der Waals surface area contributed by atoms with Crippen molar-refractivity contribution in [2.75, 3.05) is 25.1 Å². The Hall–Kier alpha value is -2.18. The SMILES string of the molecule is Cc1ccc(NC(=O)C2COCCO2)cc1C=CC(=O)O. The molecule has 0 aliphatic carbocycles. The van der Waals surface area contributed by atoms with Crippen LogP contribution in [-0.2, 0) is 19.1 Å². The predicted molar refractivity (Wildman–Crippen MR) is 77.0 cm³/mol. The molecule has 1 aromatic carbocycles. The number of nitrogens with one attached hydrogen (secondary N) is 1. The molecule has 21 heavy (non-hydrogen) atoms. The molecule has 6 nitrogen and oxygen atoms in total. The minimum absolute atomic E-state index is 0.240. The van der Waals surface area contributed by atoms with Gasteiger partial charge in [0, 0.05) is 11.8 Å². The maximum absolute atomic E-state index is 12.0. The van der Waals surface area contributed by atoms with Crippen LogP contribution >= 0.6 is 0 Å². The van der Waals surface area contributed by atoms with Crippen LogP contribution in [-0.4, -0.2) is 42.9 Å². The average molecular weight is 291 g/mol. The third-order valence-electron chi connectivity index (χ3n) is 3.06. The summed E-state index contributed by atoms with van der Waals surface area (Å²) in [5.41, 5.74) is 2.24. The molecule has 1 aliphatic heterocycles. The minimum atomic E-state index is -1.02. The standard InChI is InChI=1S/C15H17NO5/c1-10-2-4-12(8-11(10)3-5-14(17)18)16-15(19)13-9-20-6-7-21-13/h2-5,8,13H,6-7,9H2,1H3,(H,16,19)(H,17,18). The zero-order valence-corrected chi connectivity index (χ0v) is 11.7. The fourth-order valence-corrected chi connectivity index (χ4v) is 1.92. The van der Waals surface area contributed by atoms with Crippen LogP contribution in [0.15, 0.2) is 24.3 Å². The second kappa shape index (κ2) is 7.01. The van der Waals surface area contributed by atoms with Gasteiger partial charge in [-0.3, -0.25) is 4.79 Å². The van der Waals surface area contributed by atoms with Crippen LogP contribution in [0.1, 0.15) is 11.1 Å². The summed E-state index contributed by atoms with van der Waals surface area (Å²) in [6, 6.07) is 5.29. The largest absolute Gasteiger partial charge is 0.478 e. The third kappa shape index (κ3) is 4.40. The highest BCUT2D eigenvalue weighted by molar-refractivity contribution is 5.95. The van der Waals surface area contributed by atoms with E-state index in [1.165, 1.54) is 6.08 Å². The van der Waals surface area contributed by atoms with Crippen LogP contribution in [0.2, 0.25) is 0 Å². The predicted octanol–water partition coefficient (Wildman–Crippen LogP) is 1.45. The molecule has 0 aromatic heterocycles. The fraction of sp³-hybridized carbons (Fsp3) is 0.333. The topological polar surface area (TPSA) is 84.9 Å². The van der Waals surface area contributed by atoms with E-state index in [-0.39, 0.29) is 12.5 Å². The number of carboxylic acid groups (broad SMARTS) is 1. The van der Waals surface area contributed by atoms with Crippen molar-refractivity contribution >= 4 is 23.6 Å². The number of anilines is 1. The lowest BCUT2D eigenvalue weighted by Gasteiger charge is -2.22. The molecule has 1 amide bonds. The Morgan fingerprint density at radius 1 is 1.38 bits per heavy atom. The first-order chi connectivity index (χ1) is 10.1. The van der Waals surface area contributed by atoms with Gasteiger partial charge in [-0.05, 0) is 36.3 Å². The van der Waals surface area contributed by atoms with Gasteiger partial charge >= 0.3 is 5.97 Å². The summed E-state index contributed by atoms with van der Waals surface area (Å²) >= 11 is 0. The van der Waals surface area contributed by atoms with Gasteiger partial charge in [-0.25, -0.2) is 4.79 Å². The second-order valence-electron chi connectivity index (χ2n) is 4.67. The number of aryl methyl sites for hydroxylation is 1. The van der Waals surface area contributed by atoms with Crippen molar-refractivity contribution in [2.24, 2.45) is 0 Å². The van der Waals surface area contributed by atoms with Crippen molar-refractivity contribution < 1.29 is 24.2 Å². The Bertz CT molecular complexity index is 561. The minimum Gasteiger partial charge on any atom is -0.478 e.